The van der Waals surface area contributed by atoms with Crippen LogP contribution < -0.4 is 5.32 Å². The molecule has 0 spiro atoms. The van der Waals surface area contributed by atoms with Crippen LogP contribution in [0.25, 0.3) is 0 Å². The van der Waals surface area contributed by atoms with E-state index < -0.39 is 0 Å². The molecule has 84 valence electrons. The molecule has 0 fully saturated rings. The zero-order valence-electron chi connectivity index (χ0n) is 8.74. The van der Waals surface area contributed by atoms with Gasteiger partial charge < -0.3 is 10.1 Å². The molecular formula is C9H14ClN3OS. The van der Waals surface area contributed by atoms with E-state index in [1.807, 2.05) is 12.3 Å². The normalized spacial score (nSPS) is 12.5. The molecule has 0 aliphatic heterocycles. The van der Waals surface area contributed by atoms with Crippen molar-refractivity contribution in [3.8, 4) is 0 Å². The second kappa shape index (κ2) is 6.87. The molecule has 1 atom stereocenters. The van der Waals surface area contributed by atoms with Gasteiger partial charge in [0.25, 0.3) is 0 Å². The summed E-state index contributed by atoms with van der Waals surface area (Å²) < 4.78 is 4.93. The summed E-state index contributed by atoms with van der Waals surface area (Å²) >= 11 is 7.55. The summed E-state index contributed by atoms with van der Waals surface area (Å²) in [5, 5.41) is 4.01. The molecule has 0 aliphatic carbocycles. The summed E-state index contributed by atoms with van der Waals surface area (Å²) in [7, 11) is 1.63. The van der Waals surface area contributed by atoms with Crippen LogP contribution in [0.1, 0.15) is 0 Å². The topological polar surface area (TPSA) is 47.0 Å². The summed E-state index contributed by atoms with van der Waals surface area (Å²) in [6.07, 6.45) is 3.51. The van der Waals surface area contributed by atoms with Crippen molar-refractivity contribution in [1.29, 1.82) is 0 Å². The van der Waals surface area contributed by atoms with E-state index in [0.717, 1.165) is 10.8 Å². The Morgan fingerprint density at radius 3 is 3.07 bits per heavy atom. The number of aromatic nitrogens is 2. The molecule has 0 bridgehead atoms. The summed E-state index contributed by atoms with van der Waals surface area (Å²) in [6.45, 7) is 1.15. The van der Waals surface area contributed by atoms with Crippen LogP contribution in [0, 0.1) is 0 Å². The lowest BCUT2D eigenvalue weighted by Crippen LogP contribution is -2.19. The van der Waals surface area contributed by atoms with E-state index in [-0.39, 0.29) is 5.38 Å². The Hall–Kier alpha value is -0.520. The molecule has 4 nitrogen and oxygen atoms in total. The first-order valence-electron chi connectivity index (χ1n) is 4.49. The number of alkyl halides is 1. The van der Waals surface area contributed by atoms with E-state index in [1.54, 1.807) is 18.9 Å². The van der Waals surface area contributed by atoms with Gasteiger partial charge in [-0.1, -0.05) is 0 Å². The second-order valence-electron chi connectivity index (χ2n) is 2.88. The molecule has 1 unspecified atom stereocenters. The molecule has 0 radical (unpaired) electrons. The van der Waals surface area contributed by atoms with Crippen molar-refractivity contribution in [2.75, 3.05) is 31.8 Å². The first kappa shape index (κ1) is 12.5. The Balaban J connectivity index is 2.43. The lowest BCUT2D eigenvalue weighted by atomic mass is 10.4. The monoisotopic (exact) mass is 247 g/mol. The fraction of sp³-hybridized carbons (Fsp3) is 0.556. The highest BCUT2D eigenvalue weighted by molar-refractivity contribution is 7.98. The molecule has 1 aromatic heterocycles. The first-order chi connectivity index (χ1) is 7.26. The molecule has 15 heavy (non-hydrogen) atoms. The highest BCUT2D eigenvalue weighted by atomic mass is 35.5. The Bertz CT molecular complexity index is 300. The molecule has 0 aliphatic rings. The number of hydrogen-bond acceptors (Lipinski definition) is 5. The van der Waals surface area contributed by atoms with E-state index in [0.29, 0.717) is 13.2 Å². The van der Waals surface area contributed by atoms with Crippen molar-refractivity contribution in [1.82, 2.24) is 9.97 Å². The van der Waals surface area contributed by atoms with E-state index in [4.69, 9.17) is 16.3 Å². The number of ether oxygens (including phenoxy) is 1. The van der Waals surface area contributed by atoms with E-state index in [1.165, 1.54) is 6.33 Å². The van der Waals surface area contributed by atoms with Crippen LogP contribution in [0.15, 0.2) is 17.4 Å². The number of anilines is 1. The van der Waals surface area contributed by atoms with Crippen molar-refractivity contribution in [3.63, 3.8) is 0 Å². The van der Waals surface area contributed by atoms with Gasteiger partial charge in [-0.15, -0.1) is 23.4 Å². The number of nitrogens with one attached hydrogen (secondary N) is 1. The molecule has 0 aromatic carbocycles. The Labute approximate surface area is 98.8 Å². The minimum Gasteiger partial charge on any atom is -0.383 e. The number of hydrogen-bond donors (Lipinski definition) is 1. The van der Waals surface area contributed by atoms with Crippen LogP contribution in [-0.4, -0.2) is 41.9 Å². The average Bonchev–Trinajstić information content (AvgIpc) is 2.27. The summed E-state index contributed by atoms with van der Waals surface area (Å²) in [5.74, 6) is 0.788. The van der Waals surface area contributed by atoms with E-state index in [2.05, 4.69) is 15.3 Å². The SMILES string of the molecule is COCC(Cl)CNc1cc(SC)ncn1. The maximum atomic E-state index is 5.97. The highest BCUT2D eigenvalue weighted by Gasteiger charge is 2.04. The van der Waals surface area contributed by atoms with E-state index >= 15 is 0 Å². The van der Waals surface area contributed by atoms with Gasteiger partial charge in [0.1, 0.15) is 17.2 Å². The molecule has 0 amide bonds. The zero-order valence-corrected chi connectivity index (χ0v) is 10.3. The Morgan fingerprint density at radius 2 is 2.40 bits per heavy atom. The van der Waals surface area contributed by atoms with Gasteiger partial charge in [-0.05, 0) is 6.26 Å². The van der Waals surface area contributed by atoms with Gasteiger partial charge in [-0.3, -0.25) is 0 Å². The summed E-state index contributed by atoms with van der Waals surface area (Å²) in [6, 6.07) is 1.89. The van der Waals surface area contributed by atoms with Crippen molar-refractivity contribution >= 4 is 29.2 Å². The Morgan fingerprint density at radius 1 is 1.60 bits per heavy atom. The number of thioether (sulfide) groups is 1. The third kappa shape index (κ3) is 4.68. The molecule has 1 N–H and O–H groups in total. The highest BCUT2D eigenvalue weighted by Crippen LogP contribution is 2.13. The first-order valence-corrected chi connectivity index (χ1v) is 6.15. The van der Waals surface area contributed by atoms with Crippen LogP contribution in [-0.2, 0) is 4.74 Å². The fourth-order valence-electron chi connectivity index (χ4n) is 1.00. The second-order valence-corrected chi connectivity index (χ2v) is 4.32. The van der Waals surface area contributed by atoms with Crippen LogP contribution in [0.2, 0.25) is 0 Å². The van der Waals surface area contributed by atoms with Crippen molar-refractivity contribution < 1.29 is 4.74 Å². The number of rotatable bonds is 6. The molecule has 1 heterocycles. The fourth-order valence-corrected chi connectivity index (χ4v) is 1.59. The smallest absolute Gasteiger partial charge is 0.130 e. The minimum atomic E-state index is -0.0531. The van der Waals surface area contributed by atoms with Gasteiger partial charge >= 0.3 is 0 Å². The van der Waals surface area contributed by atoms with Gasteiger partial charge in [0.2, 0.25) is 0 Å². The van der Waals surface area contributed by atoms with Gasteiger partial charge in [-0.25, -0.2) is 9.97 Å². The van der Waals surface area contributed by atoms with Crippen molar-refractivity contribution in [2.45, 2.75) is 10.4 Å². The third-order valence-corrected chi connectivity index (χ3v) is 2.63. The Kier molecular flexibility index (Phi) is 5.75. The number of methoxy groups -OCH3 is 1. The van der Waals surface area contributed by atoms with Crippen molar-refractivity contribution in [3.05, 3.63) is 12.4 Å². The zero-order chi connectivity index (χ0) is 11.1. The summed E-state index contributed by atoms with van der Waals surface area (Å²) in [4.78, 5) is 8.16. The molecular weight excluding hydrogens is 234 g/mol. The minimum absolute atomic E-state index is 0.0531. The molecule has 6 heteroatoms. The molecule has 0 saturated heterocycles. The van der Waals surface area contributed by atoms with Gasteiger partial charge in [0, 0.05) is 19.7 Å². The summed E-state index contributed by atoms with van der Waals surface area (Å²) in [5.41, 5.74) is 0. The average molecular weight is 248 g/mol. The van der Waals surface area contributed by atoms with E-state index in [9.17, 15) is 0 Å². The standard InChI is InChI=1S/C9H14ClN3OS/c1-14-5-7(10)4-11-8-3-9(15-2)13-6-12-8/h3,6-7H,4-5H2,1-2H3,(H,11,12,13). The van der Waals surface area contributed by atoms with Crippen LogP contribution in [0.4, 0.5) is 5.82 Å². The van der Waals surface area contributed by atoms with Crippen molar-refractivity contribution in [2.24, 2.45) is 0 Å². The van der Waals surface area contributed by atoms with Gasteiger partial charge in [-0.2, -0.15) is 0 Å². The largest absolute Gasteiger partial charge is 0.383 e. The van der Waals surface area contributed by atoms with Gasteiger partial charge in [0.05, 0.1) is 12.0 Å². The van der Waals surface area contributed by atoms with Crippen LogP contribution >= 0.6 is 23.4 Å². The molecule has 1 aromatic rings. The third-order valence-electron chi connectivity index (χ3n) is 1.70. The number of halogens is 1. The van der Waals surface area contributed by atoms with Crippen LogP contribution in [0.5, 0.6) is 0 Å². The lowest BCUT2D eigenvalue weighted by molar-refractivity contribution is 0.200. The predicted octanol–water partition coefficient (Wildman–Crippen LogP) is 1.86. The maximum absolute atomic E-state index is 5.97. The maximum Gasteiger partial charge on any atom is 0.130 e. The van der Waals surface area contributed by atoms with Gasteiger partial charge in [0.15, 0.2) is 0 Å². The molecule has 0 saturated carbocycles. The number of nitrogens with zero attached hydrogens (tertiary/aromatic N) is 2. The van der Waals surface area contributed by atoms with Crippen LogP contribution in [0.3, 0.4) is 0 Å². The lowest BCUT2D eigenvalue weighted by Gasteiger charge is -2.10. The quantitative estimate of drug-likeness (QED) is 0.472. The molecule has 1 rings (SSSR count). The predicted molar refractivity (Wildman–Crippen MR) is 63.8 cm³/mol.